The summed E-state index contributed by atoms with van der Waals surface area (Å²) in [6.07, 6.45) is 2.65. The number of piperazine rings is 1. The summed E-state index contributed by atoms with van der Waals surface area (Å²) in [6, 6.07) is 0.450. The summed E-state index contributed by atoms with van der Waals surface area (Å²) in [6.45, 7) is 11.2. The van der Waals surface area contributed by atoms with Crippen molar-refractivity contribution < 1.29 is 4.79 Å². The van der Waals surface area contributed by atoms with E-state index >= 15 is 0 Å². The van der Waals surface area contributed by atoms with Crippen LogP contribution in [-0.4, -0.2) is 74.6 Å². The van der Waals surface area contributed by atoms with E-state index in [2.05, 4.69) is 41.3 Å². The Morgan fingerprint density at radius 3 is 2.43 bits per heavy atom. The molecule has 1 unspecified atom stereocenters. The van der Waals surface area contributed by atoms with E-state index in [9.17, 15) is 4.79 Å². The molecule has 2 N–H and O–H groups in total. The molecule has 5 nitrogen and oxygen atoms in total. The largest absolute Gasteiger partial charge is 0.353 e. The van der Waals surface area contributed by atoms with E-state index in [4.69, 9.17) is 0 Å². The Labute approximate surface area is 129 Å². The minimum atomic E-state index is 0.135. The van der Waals surface area contributed by atoms with Crippen LogP contribution in [0.3, 0.4) is 0 Å². The molecule has 5 heteroatoms. The SMILES string of the molecule is CC(C)C(CNC(=O)CNCC1CC1)N1CCN(C)CC1. The van der Waals surface area contributed by atoms with Crippen molar-refractivity contribution in [2.45, 2.75) is 32.7 Å². The summed E-state index contributed by atoms with van der Waals surface area (Å²) in [5.41, 5.74) is 0. The third-order valence-electron chi connectivity index (χ3n) is 4.70. The average Bonchev–Trinajstić information content (AvgIpc) is 3.25. The highest BCUT2D eigenvalue weighted by molar-refractivity contribution is 5.78. The van der Waals surface area contributed by atoms with Crippen LogP contribution in [0.25, 0.3) is 0 Å². The van der Waals surface area contributed by atoms with E-state index in [-0.39, 0.29) is 5.91 Å². The molecule has 1 heterocycles. The minimum Gasteiger partial charge on any atom is -0.353 e. The van der Waals surface area contributed by atoms with E-state index in [1.165, 1.54) is 12.8 Å². The molecule has 0 aromatic heterocycles. The van der Waals surface area contributed by atoms with E-state index in [0.29, 0.717) is 18.5 Å². The third-order valence-corrected chi connectivity index (χ3v) is 4.70. The molecule has 0 aromatic rings. The fourth-order valence-corrected chi connectivity index (χ4v) is 2.93. The molecule has 0 radical (unpaired) electrons. The molecule has 2 rings (SSSR count). The van der Waals surface area contributed by atoms with Gasteiger partial charge in [-0.25, -0.2) is 0 Å². The van der Waals surface area contributed by atoms with E-state index in [1.807, 2.05) is 0 Å². The summed E-state index contributed by atoms with van der Waals surface area (Å²) < 4.78 is 0. The zero-order valence-electron chi connectivity index (χ0n) is 13.9. The zero-order chi connectivity index (χ0) is 15.2. The van der Waals surface area contributed by atoms with Gasteiger partial charge in [0.2, 0.25) is 5.91 Å². The maximum atomic E-state index is 11.9. The summed E-state index contributed by atoms with van der Waals surface area (Å²) in [7, 11) is 2.18. The predicted octanol–water partition coefficient (Wildman–Crippen LogP) is 0.374. The van der Waals surface area contributed by atoms with Gasteiger partial charge in [0.05, 0.1) is 6.54 Å². The van der Waals surface area contributed by atoms with Gasteiger partial charge in [0.1, 0.15) is 0 Å². The first-order valence-electron chi connectivity index (χ1n) is 8.46. The van der Waals surface area contributed by atoms with Gasteiger partial charge in [-0.05, 0) is 38.3 Å². The van der Waals surface area contributed by atoms with Gasteiger partial charge in [0, 0.05) is 38.8 Å². The monoisotopic (exact) mass is 296 g/mol. The summed E-state index contributed by atoms with van der Waals surface area (Å²) in [4.78, 5) is 16.8. The first-order valence-corrected chi connectivity index (χ1v) is 8.46. The van der Waals surface area contributed by atoms with Crippen LogP contribution in [0.5, 0.6) is 0 Å². The van der Waals surface area contributed by atoms with Crippen molar-refractivity contribution in [3.63, 3.8) is 0 Å². The van der Waals surface area contributed by atoms with Gasteiger partial charge in [-0.3, -0.25) is 9.69 Å². The van der Waals surface area contributed by atoms with Crippen LogP contribution in [0, 0.1) is 11.8 Å². The molecule has 21 heavy (non-hydrogen) atoms. The van der Waals surface area contributed by atoms with Gasteiger partial charge < -0.3 is 15.5 Å². The molecule has 1 atom stereocenters. The molecule has 0 spiro atoms. The Hall–Kier alpha value is -0.650. The highest BCUT2D eigenvalue weighted by Gasteiger charge is 2.25. The fourth-order valence-electron chi connectivity index (χ4n) is 2.93. The number of nitrogens with one attached hydrogen (secondary N) is 2. The van der Waals surface area contributed by atoms with Crippen LogP contribution >= 0.6 is 0 Å². The van der Waals surface area contributed by atoms with Gasteiger partial charge >= 0.3 is 0 Å². The molecule has 122 valence electrons. The molecule has 2 fully saturated rings. The Balaban J connectivity index is 1.67. The zero-order valence-corrected chi connectivity index (χ0v) is 13.9. The molecule has 1 saturated carbocycles. The predicted molar refractivity (Wildman–Crippen MR) is 86.3 cm³/mol. The first-order chi connectivity index (χ1) is 10.1. The van der Waals surface area contributed by atoms with Crippen molar-refractivity contribution in [1.82, 2.24) is 20.4 Å². The average molecular weight is 296 g/mol. The van der Waals surface area contributed by atoms with Crippen LogP contribution in [0.1, 0.15) is 26.7 Å². The number of hydrogen-bond donors (Lipinski definition) is 2. The van der Waals surface area contributed by atoms with Crippen LogP contribution in [-0.2, 0) is 4.79 Å². The van der Waals surface area contributed by atoms with Crippen molar-refractivity contribution in [3.8, 4) is 0 Å². The molecule has 1 saturated heterocycles. The van der Waals surface area contributed by atoms with Gasteiger partial charge in [0.15, 0.2) is 0 Å². The number of likely N-dealkylation sites (N-methyl/N-ethyl adjacent to an activating group) is 1. The Bertz CT molecular complexity index is 322. The number of rotatable bonds is 8. The second kappa shape index (κ2) is 8.11. The highest BCUT2D eigenvalue weighted by Crippen LogP contribution is 2.27. The quantitative estimate of drug-likeness (QED) is 0.680. The standard InChI is InChI=1S/C16H32N4O/c1-13(2)15(20-8-6-19(3)7-9-20)11-18-16(21)12-17-10-14-4-5-14/h13-15,17H,4-12H2,1-3H3,(H,18,21). The Morgan fingerprint density at radius 2 is 1.86 bits per heavy atom. The first kappa shape index (κ1) is 16.7. The van der Waals surface area contributed by atoms with E-state index in [1.54, 1.807) is 0 Å². The van der Waals surface area contributed by atoms with E-state index < -0.39 is 0 Å². The lowest BCUT2D eigenvalue weighted by molar-refractivity contribution is -0.120. The van der Waals surface area contributed by atoms with Crippen LogP contribution < -0.4 is 10.6 Å². The van der Waals surface area contributed by atoms with E-state index in [0.717, 1.165) is 45.2 Å². The van der Waals surface area contributed by atoms with Crippen molar-refractivity contribution in [2.24, 2.45) is 11.8 Å². The van der Waals surface area contributed by atoms with Crippen molar-refractivity contribution >= 4 is 5.91 Å². The van der Waals surface area contributed by atoms with Gasteiger partial charge in [0.25, 0.3) is 0 Å². The van der Waals surface area contributed by atoms with Crippen LogP contribution in [0.2, 0.25) is 0 Å². The Morgan fingerprint density at radius 1 is 1.19 bits per heavy atom. The second-order valence-electron chi connectivity index (χ2n) is 7.03. The maximum absolute atomic E-state index is 11.9. The molecule has 0 aromatic carbocycles. The molecule has 1 aliphatic carbocycles. The molecule has 1 aliphatic heterocycles. The van der Waals surface area contributed by atoms with Crippen molar-refractivity contribution in [1.29, 1.82) is 0 Å². The lowest BCUT2D eigenvalue weighted by Crippen LogP contribution is -2.54. The summed E-state index contributed by atoms with van der Waals surface area (Å²) >= 11 is 0. The number of carbonyl (C=O) groups excluding carboxylic acids is 1. The number of nitrogens with zero attached hydrogens (tertiary/aromatic N) is 2. The maximum Gasteiger partial charge on any atom is 0.234 e. The minimum absolute atomic E-state index is 0.135. The van der Waals surface area contributed by atoms with Crippen LogP contribution in [0.15, 0.2) is 0 Å². The van der Waals surface area contributed by atoms with Gasteiger partial charge in [-0.15, -0.1) is 0 Å². The topological polar surface area (TPSA) is 47.6 Å². The van der Waals surface area contributed by atoms with Gasteiger partial charge in [-0.1, -0.05) is 13.8 Å². The summed E-state index contributed by atoms with van der Waals surface area (Å²) in [5.74, 6) is 1.52. The Kier molecular flexibility index (Phi) is 6.45. The third kappa shape index (κ3) is 5.93. The lowest BCUT2D eigenvalue weighted by atomic mass is 10.0. The summed E-state index contributed by atoms with van der Waals surface area (Å²) in [5, 5.41) is 6.36. The second-order valence-corrected chi connectivity index (χ2v) is 7.03. The number of carbonyl (C=O) groups is 1. The van der Waals surface area contributed by atoms with Crippen molar-refractivity contribution in [2.75, 3.05) is 52.9 Å². The molecular weight excluding hydrogens is 264 g/mol. The molecule has 2 aliphatic rings. The molecule has 1 amide bonds. The smallest absolute Gasteiger partial charge is 0.234 e. The fraction of sp³-hybridized carbons (Fsp3) is 0.938. The van der Waals surface area contributed by atoms with Crippen molar-refractivity contribution in [3.05, 3.63) is 0 Å². The lowest BCUT2D eigenvalue weighted by Gasteiger charge is -2.39. The van der Waals surface area contributed by atoms with Crippen LogP contribution in [0.4, 0.5) is 0 Å². The van der Waals surface area contributed by atoms with Gasteiger partial charge in [-0.2, -0.15) is 0 Å². The molecule has 0 bridgehead atoms. The normalized spacial score (nSPS) is 22.5. The molecular formula is C16H32N4O. The number of hydrogen-bond acceptors (Lipinski definition) is 4. The number of amides is 1. The highest BCUT2D eigenvalue weighted by atomic mass is 16.1.